The number of amides is 4. The van der Waals surface area contributed by atoms with E-state index in [4.69, 9.17) is 16.0 Å². The van der Waals surface area contributed by atoms with E-state index < -0.39 is 23.6 Å². The summed E-state index contributed by atoms with van der Waals surface area (Å²) < 4.78 is 5.43. The Morgan fingerprint density at radius 3 is 2.32 bits per heavy atom. The lowest BCUT2D eigenvalue weighted by Crippen LogP contribution is -2.34. The van der Waals surface area contributed by atoms with Crippen molar-refractivity contribution in [3.05, 3.63) is 82.8 Å². The van der Waals surface area contributed by atoms with Crippen LogP contribution in [-0.2, 0) is 25.7 Å². The first-order valence-corrected chi connectivity index (χ1v) is 10.3. The fraction of sp³-hybridized carbons (Fsp3) is 0.0870. The summed E-state index contributed by atoms with van der Waals surface area (Å²) >= 11 is 5.93. The van der Waals surface area contributed by atoms with Crippen molar-refractivity contribution >= 4 is 52.8 Å². The molecule has 0 radical (unpaired) electrons. The van der Waals surface area contributed by atoms with E-state index in [9.17, 15) is 19.2 Å². The number of carbonyl (C=O) groups excluding carboxylic acids is 4. The third-order valence-electron chi connectivity index (χ3n) is 4.31. The van der Waals surface area contributed by atoms with E-state index in [0.717, 1.165) is 5.56 Å². The normalized spacial score (nSPS) is 10.5. The first-order chi connectivity index (χ1) is 16.3. The second-order valence-corrected chi connectivity index (χ2v) is 7.35. The minimum absolute atomic E-state index is 0.0411. The van der Waals surface area contributed by atoms with Gasteiger partial charge in [-0.25, -0.2) is 5.43 Å². The number of hydrazone groups is 1. The Labute approximate surface area is 199 Å². The summed E-state index contributed by atoms with van der Waals surface area (Å²) in [7, 11) is 0. The predicted molar refractivity (Wildman–Crippen MR) is 126 cm³/mol. The van der Waals surface area contributed by atoms with E-state index in [2.05, 4.69) is 26.5 Å². The van der Waals surface area contributed by atoms with Crippen molar-refractivity contribution in [1.82, 2.24) is 10.7 Å². The smallest absolute Gasteiger partial charge is 0.329 e. The summed E-state index contributed by atoms with van der Waals surface area (Å²) in [5.41, 5.74) is 3.89. The van der Waals surface area contributed by atoms with Crippen LogP contribution in [-0.4, -0.2) is 29.8 Å². The zero-order valence-electron chi connectivity index (χ0n) is 17.9. The number of halogens is 1. The largest absolute Gasteiger partial charge is 0.458 e. The molecule has 174 valence electrons. The van der Waals surface area contributed by atoms with Gasteiger partial charge in [0.05, 0.1) is 23.5 Å². The summed E-state index contributed by atoms with van der Waals surface area (Å²) in [6.45, 7) is 1.87. The summed E-state index contributed by atoms with van der Waals surface area (Å²) in [5, 5.41) is 11.2. The summed E-state index contributed by atoms with van der Waals surface area (Å²) in [6, 6.07) is 16.6. The van der Waals surface area contributed by atoms with Gasteiger partial charge in [-0.3, -0.25) is 19.2 Å². The number of nitrogens with one attached hydrogen (secondary N) is 4. The molecule has 0 aliphatic heterocycles. The third kappa shape index (κ3) is 7.04. The minimum atomic E-state index is -1.00. The molecule has 34 heavy (non-hydrogen) atoms. The molecule has 0 atom stereocenters. The van der Waals surface area contributed by atoms with E-state index in [0.29, 0.717) is 17.1 Å². The molecule has 3 aromatic rings. The number of furan rings is 1. The molecule has 11 heteroatoms. The highest BCUT2D eigenvalue weighted by Gasteiger charge is 2.15. The minimum Gasteiger partial charge on any atom is -0.458 e. The molecule has 0 saturated carbocycles. The maximum absolute atomic E-state index is 12.0. The first kappa shape index (κ1) is 24.2. The highest BCUT2D eigenvalue weighted by molar-refractivity contribution is 6.41. The molecule has 0 aliphatic rings. The number of anilines is 2. The van der Waals surface area contributed by atoms with Crippen LogP contribution in [0, 0.1) is 6.92 Å². The van der Waals surface area contributed by atoms with Gasteiger partial charge in [0.1, 0.15) is 11.5 Å². The molecule has 0 saturated heterocycles. The Kier molecular flexibility index (Phi) is 8.14. The number of hydrogen-bond acceptors (Lipinski definition) is 6. The van der Waals surface area contributed by atoms with Gasteiger partial charge in [0.25, 0.3) is 0 Å². The number of para-hydroxylation sites is 1. The van der Waals surface area contributed by atoms with Crippen LogP contribution in [0.15, 0.2) is 70.2 Å². The monoisotopic (exact) mass is 481 g/mol. The summed E-state index contributed by atoms with van der Waals surface area (Å²) in [6.07, 6.45) is 1.18. The molecule has 0 bridgehead atoms. The highest BCUT2D eigenvalue weighted by Crippen LogP contribution is 2.20. The van der Waals surface area contributed by atoms with Crippen molar-refractivity contribution in [2.45, 2.75) is 13.5 Å². The maximum Gasteiger partial charge on any atom is 0.329 e. The van der Waals surface area contributed by atoms with Gasteiger partial charge in [0, 0.05) is 5.69 Å². The quantitative estimate of drug-likeness (QED) is 0.243. The van der Waals surface area contributed by atoms with Gasteiger partial charge in [-0.15, -0.1) is 0 Å². The number of rotatable bonds is 6. The molecule has 2 aromatic carbocycles. The van der Waals surface area contributed by atoms with Crippen molar-refractivity contribution in [3.8, 4) is 0 Å². The maximum atomic E-state index is 12.0. The Hall–Kier alpha value is -4.44. The van der Waals surface area contributed by atoms with Crippen molar-refractivity contribution < 1.29 is 23.6 Å². The van der Waals surface area contributed by atoms with Crippen LogP contribution in [0.4, 0.5) is 11.4 Å². The Morgan fingerprint density at radius 1 is 0.882 bits per heavy atom. The first-order valence-electron chi connectivity index (χ1n) is 9.95. The van der Waals surface area contributed by atoms with E-state index in [1.807, 2.05) is 19.1 Å². The van der Waals surface area contributed by atoms with Crippen LogP contribution in [0.1, 0.15) is 17.1 Å². The number of nitrogens with zero attached hydrogens (tertiary/aromatic N) is 1. The summed E-state index contributed by atoms with van der Waals surface area (Å²) in [4.78, 5) is 47.7. The van der Waals surface area contributed by atoms with Gasteiger partial charge in [-0.1, -0.05) is 41.4 Å². The van der Waals surface area contributed by atoms with Crippen LogP contribution in [0.2, 0.25) is 5.02 Å². The van der Waals surface area contributed by atoms with Crippen molar-refractivity contribution in [2.24, 2.45) is 5.10 Å². The highest BCUT2D eigenvalue weighted by atomic mass is 35.5. The fourth-order valence-corrected chi connectivity index (χ4v) is 2.76. The lowest BCUT2D eigenvalue weighted by Gasteiger charge is -2.05. The average Bonchev–Trinajstić information content (AvgIpc) is 3.28. The van der Waals surface area contributed by atoms with Gasteiger partial charge in [-0.2, -0.15) is 5.10 Å². The standard InChI is InChI=1S/C23H20ClN5O5/c1-14-6-8-15(9-7-14)27-21(31)20(30)25-12-16-10-11-17(34-16)13-26-29-23(33)22(32)28-19-5-3-2-4-18(19)24/h2-11,13H,12H2,1H3,(H,25,30)(H,27,31)(H,28,32)(H,29,33)/b26-13+. The number of carbonyl (C=O) groups is 4. The van der Waals surface area contributed by atoms with Crippen molar-refractivity contribution in [3.63, 3.8) is 0 Å². The zero-order valence-corrected chi connectivity index (χ0v) is 18.7. The second kappa shape index (κ2) is 11.4. The molecule has 0 spiro atoms. The molecule has 4 amide bonds. The molecule has 0 fully saturated rings. The van der Waals surface area contributed by atoms with Crippen LogP contribution in [0.25, 0.3) is 0 Å². The SMILES string of the molecule is Cc1ccc(NC(=O)C(=O)NCc2ccc(/C=N/NC(=O)C(=O)Nc3ccccc3Cl)o2)cc1. The molecule has 4 N–H and O–H groups in total. The number of benzene rings is 2. The van der Waals surface area contributed by atoms with Gasteiger partial charge < -0.3 is 20.4 Å². The van der Waals surface area contributed by atoms with Crippen molar-refractivity contribution in [2.75, 3.05) is 10.6 Å². The molecule has 1 aromatic heterocycles. The molecule has 0 aliphatic carbocycles. The van der Waals surface area contributed by atoms with Gasteiger partial charge >= 0.3 is 23.6 Å². The number of hydrogen-bond donors (Lipinski definition) is 4. The lowest BCUT2D eigenvalue weighted by molar-refractivity contribution is -0.136. The summed E-state index contributed by atoms with van der Waals surface area (Å²) in [5.74, 6) is -2.99. The van der Waals surface area contributed by atoms with E-state index in [1.54, 1.807) is 42.5 Å². The lowest BCUT2D eigenvalue weighted by atomic mass is 10.2. The predicted octanol–water partition coefficient (Wildman–Crippen LogP) is 2.59. The average molecular weight is 482 g/mol. The van der Waals surface area contributed by atoms with Gasteiger partial charge in [0.15, 0.2) is 0 Å². The zero-order chi connectivity index (χ0) is 24.5. The van der Waals surface area contributed by atoms with Gasteiger partial charge in [-0.05, 0) is 43.3 Å². The Bertz CT molecular complexity index is 1240. The second-order valence-electron chi connectivity index (χ2n) is 6.94. The molecule has 0 unspecified atom stereocenters. The van der Waals surface area contributed by atoms with E-state index in [1.165, 1.54) is 12.3 Å². The number of aryl methyl sites for hydroxylation is 1. The van der Waals surface area contributed by atoms with E-state index >= 15 is 0 Å². The fourth-order valence-electron chi connectivity index (χ4n) is 2.58. The molecular formula is C23H20ClN5O5. The molecule has 3 rings (SSSR count). The Balaban J connectivity index is 1.43. The van der Waals surface area contributed by atoms with Crippen LogP contribution < -0.4 is 21.4 Å². The van der Waals surface area contributed by atoms with Crippen LogP contribution >= 0.6 is 11.6 Å². The van der Waals surface area contributed by atoms with E-state index in [-0.39, 0.29) is 17.3 Å². The molecule has 1 heterocycles. The van der Waals surface area contributed by atoms with Crippen LogP contribution in [0.5, 0.6) is 0 Å². The van der Waals surface area contributed by atoms with Gasteiger partial charge in [0.2, 0.25) is 0 Å². The third-order valence-corrected chi connectivity index (χ3v) is 4.64. The van der Waals surface area contributed by atoms with Crippen molar-refractivity contribution in [1.29, 1.82) is 0 Å². The van der Waals surface area contributed by atoms with Crippen LogP contribution in [0.3, 0.4) is 0 Å². The molecular weight excluding hydrogens is 462 g/mol. The molecule has 10 nitrogen and oxygen atoms in total. The Morgan fingerprint density at radius 2 is 1.59 bits per heavy atom. The topological polar surface area (TPSA) is 142 Å².